The van der Waals surface area contributed by atoms with Gasteiger partial charge in [0.15, 0.2) is 0 Å². The number of aliphatic hydroxyl groups is 1. The van der Waals surface area contributed by atoms with Gasteiger partial charge in [0.1, 0.15) is 0 Å². The van der Waals surface area contributed by atoms with E-state index in [4.69, 9.17) is 0 Å². The van der Waals surface area contributed by atoms with Crippen molar-refractivity contribution in [1.82, 2.24) is 15.1 Å². The second-order valence-electron chi connectivity index (χ2n) is 8.46. The van der Waals surface area contributed by atoms with Gasteiger partial charge in [0, 0.05) is 38.6 Å². The zero-order valence-corrected chi connectivity index (χ0v) is 15.2. The highest BCUT2D eigenvalue weighted by Gasteiger charge is 2.26. The molecule has 2 heterocycles. The Hall–Kier alpha value is -0.650. The topological polar surface area (TPSA) is 55.8 Å². The Morgan fingerprint density at radius 1 is 1.17 bits per heavy atom. The molecular formula is C18H35N3O2. The van der Waals surface area contributed by atoms with Gasteiger partial charge in [-0.1, -0.05) is 20.8 Å². The Morgan fingerprint density at radius 2 is 1.78 bits per heavy atom. The molecule has 0 radical (unpaired) electrons. The molecule has 0 aliphatic carbocycles. The van der Waals surface area contributed by atoms with Crippen molar-refractivity contribution in [2.75, 3.05) is 39.3 Å². The molecule has 1 atom stereocenters. The number of carbonyl (C=O) groups excluding carboxylic acids is 1. The third kappa shape index (κ3) is 6.77. The van der Waals surface area contributed by atoms with Gasteiger partial charge in [-0.25, -0.2) is 0 Å². The van der Waals surface area contributed by atoms with Crippen LogP contribution in [0.3, 0.4) is 0 Å². The summed E-state index contributed by atoms with van der Waals surface area (Å²) in [4.78, 5) is 16.6. The van der Waals surface area contributed by atoms with Crippen molar-refractivity contribution >= 4 is 5.91 Å². The molecule has 0 aromatic carbocycles. The van der Waals surface area contributed by atoms with E-state index in [9.17, 15) is 9.90 Å². The van der Waals surface area contributed by atoms with Gasteiger partial charge >= 0.3 is 0 Å². The molecule has 2 aliphatic heterocycles. The van der Waals surface area contributed by atoms with Crippen molar-refractivity contribution in [2.24, 2.45) is 5.41 Å². The lowest BCUT2D eigenvalue weighted by molar-refractivity contribution is -0.134. The first kappa shape index (κ1) is 18.7. The number of nitrogens with one attached hydrogen (secondary N) is 1. The second kappa shape index (κ2) is 8.45. The van der Waals surface area contributed by atoms with Crippen molar-refractivity contribution in [3.05, 3.63) is 0 Å². The smallest absolute Gasteiger partial charge is 0.223 e. The normalized spacial score (nSPS) is 22.5. The summed E-state index contributed by atoms with van der Waals surface area (Å²) < 4.78 is 0. The molecule has 0 bridgehead atoms. The van der Waals surface area contributed by atoms with Crippen LogP contribution >= 0.6 is 0 Å². The van der Waals surface area contributed by atoms with Crippen LogP contribution in [0.2, 0.25) is 0 Å². The quantitative estimate of drug-likeness (QED) is 0.776. The molecule has 0 spiro atoms. The lowest BCUT2D eigenvalue weighted by atomic mass is 9.91. The minimum atomic E-state index is -0.284. The molecule has 5 nitrogen and oxygen atoms in total. The van der Waals surface area contributed by atoms with Crippen molar-refractivity contribution < 1.29 is 9.90 Å². The zero-order valence-electron chi connectivity index (χ0n) is 15.2. The highest BCUT2D eigenvalue weighted by atomic mass is 16.3. The standard InChI is InChI=1S/C18H35N3O2/c1-18(2,3)12-17(23)21-10-6-15(7-11-21)19-13-16(22)14-20-8-4-5-9-20/h15-16,19,22H,4-14H2,1-3H3. The van der Waals surface area contributed by atoms with Crippen LogP contribution in [0.5, 0.6) is 0 Å². The maximum absolute atomic E-state index is 12.2. The molecule has 0 saturated carbocycles. The first-order chi connectivity index (χ1) is 10.8. The number of nitrogens with zero attached hydrogens (tertiary/aromatic N) is 2. The average Bonchev–Trinajstić information content (AvgIpc) is 2.97. The maximum Gasteiger partial charge on any atom is 0.223 e. The number of amides is 1. The predicted molar refractivity (Wildman–Crippen MR) is 93.4 cm³/mol. The molecule has 5 heteroatoms. The first-order valence-corrected chi connectivity index (χ1v) is 9.25. The average molecular weight is 325 g/mol. The van der Waals surface area contributed by atoms with Gasteiger partial charge in [-0.15, -0.1) is 0 Å². The zero-order chi connectivity index (χ0) is 16.9. The molecule has 2 N–H and O–H groups in total. The van der Waals surface area contributed by atoms with E-state index in [0.717, 1.165) is 45.6 Å². The van der Waals surface area contributed by atoms with Crippen LogP contribution in [0.1, 0.15) is 52.9 Å². The highest BCUT2D eigenvalue weighted by molar-refractivity contribution is 5.76. The monoisotopic (exact) mass is 325 g/mol. The van der Waals surface area contributed by atoms with Crippen molar-refractivity contribution in [2.45, 2.75) is 65.0 Å². The van der Waals surface area contributed by atoms with Crippen molar-refractivity contribution in [3.8, 4) is 0 Å². The number of hydrogen-bond acceptors (Lipinski definition) is 4. The molecule has 2 aliphatic rings. The van der Waals surface area contributed by atoms with Crippen molar-refractivity contribution in [1.29, 1.82) is 0 Å². The minimum Gasteiger partial charge on any atom is -0.390 e. The van der Waals surface area contributed by atoms with Crippen LogP contribution < -0.4 is 5.32 Å². The van der Waals surface area contributed by atoms with Crippen LogP contribution in [0.4, 0.5) is 0 Å². The fourth-order valence-corrected chi connectivity index (χ4v) is 3.53. The first-order valence-electron chi connectivity index (χ1n) is 9.25. The Labute approximate surface area is 141 Å². The number of piperidine rings is 1. The molecule has 2 rings (SSSR count). The minimum absolute atomic E-state index is 0.0614. The Morgan fingerprint density at radius 3 is 2.35 bits per heavy atom. The van der Waals surface area contributed by atoms with Gasteiger partial charge in [-0.3, -0.25) is 4.79 Å². The predicted octanol–water partition coefficient (Wildman–Crippen LogP) is 1.46. The highest BCUT2D eigenvalue weighted by Crippen LogP contribution is 2.21. The molecular weight excluding hydrogens is 290 g/mol. The molecule has 0 aromatic heterocycles. The summed E-state index contributed by atoms with van der Waals surface area (Å²) in [5.74, 6) is 0.282. The Balaban J connectivity index is 1.61. The Bertz CT molecular complexity index is 367. The van der Waals surface area contributed by atoms with Crippen molar-refractivity contribution in [3.63, 3.8) is 0 Å². The molecule has 1 amide bonds. The lowest BCUT2D eigenvalue weighted by Gasteiger charge is -2.34. The summed E-state index contributed by atoms with van der Waals surface area (Å²) in [6.45, 7) is 11.7. The molecule has 2 fully saturated rings. The third-order valence-corrected chi connectivity index (χ3v) is 4.84. The van der Waals surface area contributed by atoms with E-state index >= 15 is 0 Å². The Kier molecular flexibility index (Phi) is 6.86. The fourth-order valence-electron chi connectivity index (χ4n) is 3.53. The molecule has 23 heavy (non-hydrogen) atoms. The summed E-state index contributed by atoms with van der Waals surface area (Å²) in [6.07, 6.45) is 4.86. The summed E-state index contributed by atoms with van der Waals surface area (Å²) in [5.41, 5.74) is 0.0614. The number of β-amino-alcohol motifs (C(OH)–C–C–N with tert-alkyl or cyclic N) is 1. The van der Waals surface area contributed by atoms with E-state index in [1.807, 2.05) is 4.90 Å². The van der Waals surface area contributed by atoms with Gasteiger partial charge < -0.3 is 20.2 Å². The number of carbonyl (C=O) groups is 1. The van der Waals surface area contributed by atoms with Crippen LogP contribution in [0.15, 0.2) is 0 Å². The van der Waals surface area contributed by atoms with E-state index in [1.165, 1.54) is 12.8 Å². The SMILES string of the molecule is CC(C)(C)CC(=O)N1CCC(NCC(O)CN2CCCC2)CC1. The third-order valence-electron chi connectivity index (χ3n) is 4.84. The van der Waals surface area contributed by atoms with E-state index in [1.54, 1.807) is 0 Å². The number of aliphatic hydroxyl groups excluding tert-OH is 1. The maximum atomic E-state index is 12.2. The van der Waals surface area contributed by atoms with E-state index in [-0.39, 0.29) is 17.4 Å². The van der Waals surface area contributed by atoms with Crippen LogP contribution in [-0.4, -0.2) is 72.2 Å². The largest absolute Gasteiger partial charge is 0.390 e. The van der Waals surface area contributed by atoms with Crippen LogP contribution in [-0.2, 0) is 4.79 Å². The van der Waals surface area contributed by atoms with E-state index < -0.39 is 0 Å². The lowest BCUT2D eigenvalue weighted by Crippen LogP contribution is -2.48. The second-order valence-corrected chi connectivity index (χ2v) is 8.46. The van der Waals surface area contributed by atoms with Gasteiger partial charge in [0.2, 0.25) is 5.91 Å². The van der Waals surface area contributed by atoms with E-state index in [0.29, 0.717) is 19.0 Å². The summed E-state index contributed by atoms with van der Waals surface area (Å²) in [7, 11) is 0. The molecule has 1 unspecified atom stereocenters. The molecule has 2 saturated heterocycles. The van der Waals surface area contributed by atoms with Gasteiger partial charge in [0.05, 0.1) is 6.10 Å². The molecule has 0 aromatic rings. The van der Waals surface area contributed by atoms with Crippen LogP contribution in [0.25, 0.3) is 0 Å². The van der Waals surface area contributed by atoms with E-state index in [2.05, 4.69) is 31.0 Å². The number of likely N-dealkylation sites (tertiary alicyclic amines) is 2. The van der Waals surface area contributed by atoms with Gasteiger partial charge in [0.25, 0.3) is 0 Å². The summed E-state index contributed by atoms with van der Waals surface area (Å²) in [5, 5.41) is 13.6. The van der Waals surface area contributed by atoms with Gasteiger partial charge in [-0.2, -0.15) is 0 Å². The summed E-state index contributed by atoms with van der Waals surface area (Å²) in [6, 6.07) is 0.432. The van der Waals surface area contributed by atoms with Gasteiger partial charge in [-0.05, 0) is 44.2 Å². The fraction of sp³-hybridized carbons (Fsp3) is 0.944. The number of rotatable bonds is 6. The number of hydrogen-bond donors (Lipinski definition) is 2. The van der Waals surface area contributed by atoms with Crippen LogP contribution in [0, 0.1) is 5.41 Å². The summed E-state index contributed by atoms with van der Waals surface area (Å²) >= 11 is 0. The molecule has 134 valence electrons.